The number of ether oxygens (including phenoxy) is 1. The van der Waals surface area contributed by atoms with E-state index in [9.17, 15) is 13.2 Å². The maximum atomic E-state index is 12.7. The molecule has 132 valence electrons. The molecule has 2 aliphatic rings. The Morgan fingerprint density at radius 3 is 2.83 bits per heavy atom. The Morgan fingerprint density at radius 2 is 2.21 bits per heavy atom. The van der Waals surface area contributed by atoms with Crippen LogP contribution < -0.4 is 4.90 Å². The highest BCUT2D eigenvalue weighted by atomic mass is 32.2. The Bertz CT molecular complexity index is 708. The van der Waals surface area contributed by atoms with Crippen molar-refractivity contribution in [2.75, 3.05) is 49.3 Å². The van der Waals surface area contributed by atoms with Crippen LogP contribution in [0.2, 0.25) is 0 Å². The lowest BCUT2D eigenvalue weighted by atomic mass is 10.2. The van der Waals surface area contributed by atoms with Gasteiger partial charge in [0.15, 0.2) is 15.7 Å². The molecule has 1 aromatic heterocycles. The zero-order valence-corrected chi connectivity index (χ0v) is 14.2. The second-order valence-electron chi connectivity index (χ2n) is 5.95. The summed E-state index contributed by atoms with van der Waals surface area (Å²) in [7, 11) is -3.08. The molecule has 0 aromatic carbocycles. The van der Waals surface area contributed by atoms with Gasteiger partial charge in [0.2, 0.25) is 5.76 Å². The maximum absolute atomic E-state index is 12.7. The van der Waals surface area contributed by atoms with Crippen LogP contribution >= 0.6 is 0 Å². The van der Waals surface area contributed by atoms with Gasteiger partial charge in [-0.2, -0.15) is 0 Å². The number of carbonyl (C=O) groups is 1. The van der Waals surface area contributed by atoms with E-state index in [1.807, 2.05) is 4.90 Å². The molecular formula is C15H21N3O5S. The fraction of sp³-hybridized carbons (Fsp3) is 0.600. The lowest BCUT2D eigenvalue weighted by Gasteiger charge is -2.26. The largest absolute Gasteiger partial charge is 0.378 e. The average Bonchev–Trinajstić information content (AvgIpc) is 3.19. The Labute approximate surface area is 140 Å². The highest BCUT2D eigenvalue weighted by Gasteiger charge is 2.35. The zero-order chi connectivity index (χ0) is 17.2. The first-order chi connectivity index (χ1) is 11.5. The zero-order valence-electron chi connectivity index (χ0n) is 13.4. The van der Waals surface area contributed by atoms with Gasteiger partial charge in [0.1, 0.15) is 0 Å². The summed E-state index contributed by atoms with van der Waals surface area (Å²) in [4.78, 5) is 16.2. The minimum absolute atomic E-state index is 0.0168. The number of hydrogen-bond donors (Lipinski definition) is 0. The van der Waals surface area contributed by atoms with E-state index in [0.717, 1.165) is 0 Å². The number of sulfone groups is 1. The first kappa shape index (κ1) is 17.0. The fourth-order valence-corrected chi connectivity index (χ4v) is 4.74. The molecule has 1 aromatic rings. The van der Waals surface area contributed by atoms with Crippen LogP contribution in [0.5, 0.6) is 0 Å². The molecule has 0 bridgehead atoms. The lowest BCUT2D eigenvalue weighted by molar-refractivity contribution is 0.0678. The highest BCUT2D eigenvalue weighted by molar-refractivity contribution is 7.91. The normalized spacial score (nSPS) is 23.2. The molecule has 24 heavy (non-hydrogen) atoms. The van der Waals surface area contributed by atoms with Crippen molar-refractivity contribution in [3.63, 3.8) is 0 Å². The van der Waals surface area contributed by atoms with Crippen molar-refractivity contribution in [3.8, 4) is 0 Å². The second-order valence-corrected chi connectivity index (χ2v) is 8.18. The van der Waals surface area contributed by atoms with E-state index in [2.05, 4.69) is 11.7 Å². The number of rotatable bonds is 5. The van der Waals surface area contributed by atoms with Gasteiger partial charge in [0, 0.05) is 31.7 Å². The van der Waals surface area contributed by atoms with Gasteiger partial charge in [-0.3, -0.25) is 4.79 Å². The molecule has 0 saturated carbocycles. The molecule has 2 fully saturated rings. The Hall–Kier alpha value is -1.87. The van der Waals surface area contributed by atoms with E-state index in [4.69, 9.17) is 9.26 Å². The summed E-state index contributed by atoms with van der Waals surface area (Å²) >= 11 is 0. The van der Waals surface area contributed by atoms with Crippen LogP contribution in [0.15, 0.2) is 23.2 Å². The number of nitrogens with zero attached hydrogens (tertiary/aromatic N) is 3. The first-order valence-electron chi connectivity index (χ1n) is 7.92. The van der Waals surface area contributed by atoms with Crippen molar-refractivity contribution in [2.24, 2.45) is 0 Å². The summed E-state index contributed by atoms with van der Waals surface area (Å²) in [6.45, 7) is 6.53. The molecule has 9 heteroatoms. The van der Waals surface area contributed by atoms with Crippen LogP contribution in [0.3, 0.4) is 0 Å². The summed E-state index contributed by atoms with van der Waals surface area (Å²) in [6.07, 6.45) is 2.02. The van der Waals surface area contributed by atoms with E-state index >= 15 is 0 Å². The second kappa shape index (κ2) is 6.94. The molecule has 3 heterocycles. The summed E-state index contributed by atoms with van der Waals surface area (Å²) in [5.41, 5.74) is 0. The van der Waals surface area contributed by atoms with Gasteiger partial charge in [-0.15, -0.1) is 6.58 Å². The van der Waals surface area contributed by atoms with Gasteiger partial charge in [-0.25, -0.2) is 8.42 Å². The van der Waals surface area contributed by atoms with Crippen LogP contribution in [0.1, 0.15) is 17.0 Å². The van der Waals surface area contributed by atoms with E-state index < -0.39 is 9.84 Å². The Balaban J connectivity index is 1.75. The molecule has 1 atom stereocenters. The molecular weight excluding hydrogens is 334 g/mol. The highest BCUT2D eigenvalue weighted by Crippen LogP contribution is 2.22. The van der Waals surface area contributed by atoms with Gasteiger partial charge in [0.25, 0.3) is 5.91 Å². The standard InChI is InChI=1S/C15H21N3O5S/c1-2-4-18(12-3-9-24(20,21)11-12)15(19)13-10-14(16-23-13)17-5-7-22-8-6-17/h2,10,12H,1,3-9,11H2. The quantitative estimate of drug-likeness (QED) is 0.703. The van der Waals surface area contributed by atoms with Gasteiger partial charge in [-0.05, 0) is 6.42 Å². The van der Waals surface area contributed by atoms with Gasteiger partial charge in [-0.1, -0.05) is 11.2 Å². The van der Waals surface area contributed by atoms with E-state index in [1.54, 1.807) is 12.1 Å². The number of amides is 1. The molecule has 0 N–H and O–H groups in total. The van der Waals surface area contributed by atoms with E-state index in [0.29, 0.717) is 38.5 Å². The lowest BCUT2D eigenvalue weighted by Crippen LogP contribution is -2.41. The topological polar surface area (TPSA) is 92.9 Å². The third kappa shape index (κ3) is 3.62. The van der Waals surface area contributed by atoms with Crippen molar-refractivity contribution >= 4 is 21.6 Å². The number of anilines is 1. The molecule has 3 rings (SSSR count). The summed E-state index contributed by atoms with van der Waals surface area (Å²) in [6, 6.07) is 1.25. The molecule has 8 nitrogen and oxygen atoms in total. The predicted molar refractivity (Wildman–Crippen MR) is 87.8 cm³/mol. The van der Waals surface area contributed by atoms with Gasteiger partial charge >= 0.3 is 0 Å². The van der Waals surface area contributed by atoms with Crippen molar-refractivity contribution < 1.29 is 22.5 Å². The third-order valence-corrected chi connectivity index (χ3v) is 6.03. The molecule has 0 aliphatic carbocycles. The van der Waals surface area contributed by atoms with Crippen molar-refractivity contribution in [1.29, 1.82) is 0 Å². The van der Waals surface area contributed by atoms with Crippen molar-refractivity contribution in [3.05, 3.63) is 24.5 Å². The predicted octanol–water partition coefficient (Wildman–Crippen LogP) is 0.327. The molecule has 2 saturated heterocycles. The van der Waals surface area contributed by atoms with Crippen molar-refractivity contribution in [1.82, 2.24) is 10.1 Å². The van der Waals surface area contributed by atoms with Crippen LogP contribution in [0, 0.1) is 0 Å². The fourth-order valence-electron chi connectivity index (χ4n) is 3.01. The van der Waals surface area contributed by atoms with E-state index in [-0.39, 0.29) is 35.8 Å². The summed E-state index contributed by atoms with van der Waals surface area (Å²) < 4.78 is 33.9. The monoisotopic (exact) mass is 355 g/mol. The van der Waals surface area contributed by atoms with Gasteiger partial charge in [0.05, 0.1) is 24.7 Å². The Kier molecular flexibility index (Phi) is 4.91. The molecule has 2 aliphatic heterocycles. The molecule has 1 unspecified atom stereocenters. The van der Waals surface area contributed by atoms with Crippen LogP contribution in [0.25, 0.3) is 0 Å². The number of carbonyl (C=O) groups excluding carboxylic acids is 1. The number of aromatic nitrogens is 1. The summed E-state index contributed by atoms with van der Waals surface area (Å²) in [5, 5.41) is 3.96. The van der Waals surface area contributed by atoms with Crippen LogP contribution in [0.4, 0.5) is 5.82 Å². The molecule has 0 spiro atoms. The van der Waals surface area contributed by atoms with Crippen LogP contribution in [-0.2, 0) is 14.6 Å². The maximum Gasteiger partial charge on any atom is 0.293 e. The molecule has 0 radical (unpaired) electrons. The van der Waals surface area contributed by atoms with E-state index in [1.165, 1.54) is 4.90 Å². The molecule has 1 amide bonds. The third-order valence-electron chi connectivity index (χ3n) is 4.28. The smallest absolute Gasteiger partial charge is 0.293 e. The first-order valence-corrected chi connectivity index (χ1v) is 9.74. The number of hydrogen-bond acceptors (Lipinski definition) is 7. The number of morpholine rings is 1. The van der Waals surface area contributed by atoms with Gasteiger partial charge < -0.3 is 19.1 Å². The Morgan fingerprint density at radius 1 is 1.46 bits per heavy atom. The summed E-state index contributed by atoms with van der Waals surface area (Å²) in [5.74, 6) is 0.441. The minimum Gasteiger partial charge on any atom is -0.378 e. The van der Waals surface area contributed by atoms with Crippen LogP contribution in [-0.4, -0.2) is 74.8 Å². The minimum atomic E-state index is -3.08. The van der Waals surface area contributed by atoms with Crippen molar-refractivity contribution in [2.45, 2.75) is 12.5 Å². The average molecular weight is 355 g/mol. The SMILES string of the molecule is C=CCN(C(=O)c1cc(N2CCOCC2)no1)C1CCS(=O)(=O)C1.